The number of benzene rings is 1. The molecule has 0 aliphatic carbocycles. The van der Waals surface area contributed by atoms with Crippen molar-refractivity contribution in [2.24, 2.45) is 0 Å². The summed E-state index contributed by atoms with van der Waals surface area (Å²) in [6, 6.07) is 4.65. The van der Waals surface area contributed by atoms with Gasteiger partial charge in [-0.2, -0.15) is 0 Å². The second-order valence-electron chi connectivity index (χ2n) is 5.53. The summed E-state index contributed by atoms with van der Waals surface area (Å²) in [6.45, 7) is 6.18. The van der Waals surface area contributed by atoms with Gasteiger partial charge in [0.25, 0.3) is 5.91 Å². The largest absolute Gasteiger partial charge is 0.497 e. The molecule has 6 nitrogen and oxygen atoms in total. The van der Waals surface area contributed by atoms with Gasteiger partial charge in [0.05, 0.1) is 12.7 Å². The zero-order chi connectivity index (χ0) is 17.1. The Bertz CT molecular complexity index is 749. The number of aryl methyl sites for hydroxylation is 1. The Hall–Kier alpha value is -2.50. The number of hydrogen-bond acceptors (Lipinski definition) is 3. The van der Waals surface area contributed by atoms with Crippen molar-refractivity contribution in [3.8, 4) is 5.75 Å². The molecule has 0 saturated heterocycles. The van der Waals surface area contributed by atoms with Gasteiger partial charge in [0.15, 0.2) is 0 Å². The van der Waals surface area contributed by atoms with Gasteiger partial charge in [-0.05, 0) is 38.5 Å². The lowest BCUT2D eigenvalue weighted by Crippen LogP contribution is -2.38. The molecule has 124 valence electrons. The molecule has 0 aliphatic rings. The highest BCUT2D eigenvalue weighted by atomic mass is 16.5. The predicted octanol–water partition coefficient (Wildman–Crippen LogP) is 2.57. The Balaban J connectivity index is 2.58. The summed E-state index contributed by atoms with van der Waals surface area (Å²) < 4.78 is 7.33. The average Bonchev–Trinajstić information content (AvgIpc) is 2.79. The van der Waals surface area contributed by atoms with Crippen molar-refractivity contribution in [1.82, 2.24) is 9.88 Å². The molecule has 23 heavy (non-hydrogen) atoms. The number of amides is 1. The first-order chi connectivity index (χ1) is 10.9. The monoisotopic (exact) mass is 318 g/mol. The average molecular weight is 318 g/mol. The summed E-state index contributed by atoms with van der Waals surface area (Å²) >= 11 is 0. The summed E-state index contributed by atoms with van der Waals surface area (Å²) in [5, 5.41) is 12.3. The number of fused-ring (bicyclic) bond motifs is 1. The number of hydrogen-bond donors (Lipinski definition) is 2. The Morgan fingerprint density at radius 2 is 2.09 bits per heavy atom. The lowest BCUT2D eigenvalue weighted by molar-refractivity contribution is -0.138. The number of aliphatic carboxylic acids is 1. The third kappa shape index (κ3) is 3.16. The zero-order valence-corrected chi connectivity index (χ0v) is 13.8. The summed E-state index contributed by atoms with van der Waals surface area (Å²) in [5.74, 6) is -0.789. The Kier molecular flexibility index (Phi) is 4.93. The number of carbonyl (C=O) groups is 2. The fourth-order valence-electron chi connectivity index (χ4n) is 2.72. The minimum absolute atomic E-state index is 0.384. The number of nitrogens with one attached hydrogen (secondary N) is 1. The van der Waals surface area contributed by atoms with Gasteiger partial charge in [-0.3, -0.25) is 9.59 Å². The molecule has 1 unspecified atom stereocenters. The van der Waals surface area contributed by atoms with E-state index in [0.717, 1.165) is 29.6 Å². The molecular formula is C17H22N2O4. The number of carboxylic acids is 1. The molecular weight excluding hydrogens is 296 g/mol. The highest BCUT2D eigenvalue weighted by Crippen LogP contribution is 2.29. The summed E-state index contributed by atoms with van der Waals surface area (Å²) in [5.41, 5.74) is 2.27. The van der Waals surface area contributed by atoms with Gasteiger partial charge in [-0.1, -0.05) is 6.92 Å². The first-order valence-electron chi connectivity index (χ1n) is 7.61. The smallest absolute Gasteiger partial charge is 0.325 e. The van der Waals surface area contributed by atoms with Crippen LogP contribution in [0.1, 0.15) is 36.3 Å². The molecule has 0 bridgehead atoms. The number of rotatable bonds is 6. The van der Waals surface area contributed by atoms with Crippen molar-refractivity contribution in [1.29, 1.82) is 0 Å². The van der Waals surface area contributed by atoms with Crippen molar-refractivity contribution in [2.45, 2.75) is 39.8 Å². The van der Waals surface area contributed by atoms with Crippen molar-refractivity contribution in [2.75, 3.05) is 7.11 Å². The number of aromatic nitrogens is 1. The Labute approximate surface area is 135 Å². The quantitative estimate of drug-likeness (QED) is 0.858. The van der Waals surface area contributed by atoms with E-state index in [1.807, 2.05) is 25.1 Å². The van der Waals surface area contributed by atoms with Crippen LogP contribution >= 0.6 is 0 Å². The molecule has 6 heteroatoms. The summed E-state index contributed by atoms with van der Waals surface area (Å²) in [7, 11) is 1.57. The Morgan fingerprint density at radius 1 is 1.39 bits per heavy atom. The molecule has 0 saturated carbocycles. The van der Waals surface area contributed by atoms with Crippen LogP contribution in [0.2, 0.25) is 0 Å². The van der Waals surface area contributed by atoms with E-state index in [-0.39, 0.29) is 5.91 Å². The standard InChI is InChI=1S/C17H22N2O4/c1-5-8-19-11(3)15(16(20)18-10(2)17(21)22)13-9-12(23-4)6-7-14(13)19/h6-7,9-10H,5,8H2,1-4H3,(H,18,20)(H,21,22). The molecule has 0 spiro atoms. The Morgan fingerprint density at radius 3 is 2.65 bits per heavy atom. The van der Waals surface area contributed by atoms with Crippen molar-refractivity contribution in [3.05, 3.63) is 29.5 Å². The minimum Gasteiger partial charge on any atom is -0.497 e. The van der Waals surface area contributed by atoms with Gasteiger partial charge < -0.3 is 19.7 Å². The SMILES string of the molecule is CCCn1c(C)c(C(=O)NC(C)C(=O)O)c2cc(OC)ccc21. The van der Waals surface area contributed by atoms with E-state index in [1.54, 1.807) is 7.11 Å². The fraction of sp³-hybridized carbons (Fsp3) is 0.412. The van der Waals surface area contributed by atoms with Crippen LogP contribution in [0.4, 0.5) is 0 Å². The third-order valence-electron chi connectivity index (χ3n) is 3.92. The highest BCUT2D eigenvalue weighted by molar-refractivity contribution is 6.09. The van der Waals surface area contributed by atoms with Crippen molar-refractivity contribution < 1.29 is 19.4 Å². The first kappa shape index (κ1) is 16.9. The summed E-state index contributed by atoms with van der Waals surface area (Å²) in [6.07, 6.45) is 0.934. The molecule has 2 aromatic rings. The van der Waals surface area contributed by atoms with E-state index in [4.69, 9.17) is 9.84 Å². The number of ether oxygens (including phenoxy) is 1. The summed E-state index contributed by atoms with van der Waals surface area (Å²) in [4.78, 5) is 23.6. The molecule has 0 fully saturated rings. The third-order valence-corrected chi connectivity index (χ3v) is 3.92. The first-order valence-corrected chi connectivity index (χ1v) is 7.61. The van der Waals surface area contributed by atoms with E-state index in [0.29, 0.717) is 11.3 Å². The normalized spacial score (nSPS) is 12.2. The number of carboxylic acid groups (broad SMARTS) is 1. The van der Waals surface area contributed by atoms with Gasteiger partial charge in [0, 0.05) is 23.1 Å². The molecule has 1 aromatic carbocycles. The molecule has 0 aliphatic heterocycles. The minimum atomic E-state index is -1.06. The molecule has 0 radical (unpaired) electrons. The van der Waals surface area contributed by atoms with Gasteiger partial charge in [-0.15, -0.1) is 0 Å². The number of nitrogens with zero attached hydrogens (tertiary/aromatic N) is 1. The molecule has 1 aromatic heterocycles. The van der Waals surface area contributed by atoms with Crippen LogP contribution in [0.15, 0.2) is 18.2 Å². The maximum atomic E-state index is 12.6. The van der Waals surface area contributed by atoms with Gasteiger partial charge in [-0.25, -0.2) is 0 Å². The molecule has 2 N–H and O–H groups in total. The van der Waals surface area contributed by atoms with Gasteiger partial charge in [0.2, 0.25) is 0 Å². The van der Waals surface area contributed by atoms with E-state index in [2.05, 4.69) is 16.8 Å². The van der Waals surface area contributed by atoms with Crippen LogP contribution in [0, 0.1) is 6.92 Å². The highest BCUT2D eigenvalue weighted by Gasteiger charge is 2.23. The molecule has 1 amide bonds. The van der Waals surface area contributed by atoms with Crippen LogP contribution in [0.3, 0.4) is 0 Å². The topological polar surface area (TPSA) is 80.6 Å². The van der Waals surface area contributed by atoms with Crippen LogP contribution in [0.5, 0.6) is 5.75 Å². The van der Waals surface area contributed by atoms with E-state index >= 15 is 0 Å². The van der Waals surface area contributed by atoms with Crippen LogP contribution in [0.25, 0.3) is 10.9 Å². The second-order valence-corrected chi connectivity index (χ2v) is 5.53. The van der Waals surface area contributed by atoms with Crippen LogP contribution in [-0.2, 0) is 11.3 Å². The molecule has 1 atom stereocenters. The molecule has 1 heterocycles. The molecule has 2 rings (SSSR count). The van der Waals surface area contributed by atoms with Crippen LogP contribution < -0.4 is 10.1 Å². The van der Waals surface area contributed by atoms with Crippen LogP contribution in [-0.4, -0.2) is 34.7 Å². The maximum absolute atomic E-state index is 12.6. The predicted molar refractivity (Wildman–Crippen MR) is 88.1 cm³/mol. The lowest BCUT2D eigenvalue weighted by atomic mass is 10.1. The van der Waals surface area contributed by atoms with Crippen molar-refractivity contribution in [3.63, 3.8) is 0 Å². The number of methoxy groups -OCH3 is 1. The maximum Gasteiger partial charge on any atom is 0.325 e. The van der Waals surface area contributed by atoms with Gasteiger partial charge >= 0.3 is 5.97 Å². The van der Waals surface area contributed by atoms with Gasteiger partial charge in [0.1, 0.15) is 11.8 Å². The number of carbonyl (C=O) groups excluding carboxylic acids is 1. The van der Waals surface area contributed by atoms with E-state index in [9.17, 15) is 9.59 Å². The zero-order valence-electron chi connectivity index (χ0n) is 13.8. The van der Waals surface area contributed by atoms with E-state index in [1.165, 1.54) is 6.92 Å². The van der Waals surface area contributed by atoms with E-state index < -0.39 is 12.0 Å². The second kappa shape index (κ2) is 6.73. The van der Waals surface area contributed by atoms with Crippen molar-refractivity contribution >= 4 is 22.8 Å². The fourth-order valence-corrected chi connectivity index (χ4v) is 2.72. The lowest BCUT2D eigenvalue weighted by Gasteiger charge is -2.10.